The topological polar surface area (TPSA) is 47.3 Å². The van der Waals surface area contributed by atoms with Crippen LogP contribution in [0.25, 0.3) is 10.8 Å². The molecule has 2 aromatic carbocycles. The molecule has 110 valence electrons. The smallest absolute Gasteiger partial charge is 0.343 e. The van der Waals surface area contributed by atoms with E-state index in [2.05, 4.69) is 0 Å². The Morgan fingerprint density at radius 3 is 2.36 bits per heavy atom. The highest BCUT2D eigenvalue weighted by Gasteiger charge is 2.11. The van der Waals surface area contributed by atoms with Crippen LogP contribution in [0.4, 0.5) is 0 Å². The molecule has 0 aliphatic carbocycles. The van der Waals surface area contributed by atoms with Crippen molar-refractivity contribution in [2.45, 2.75) is 20.3 Å². The lowest BCUT2D eigenvalue weighted by Gasteiger charge is -2.04. The molecule has 0 bridgehead atoms. The molecule has 0 aliphatic rings. The standard InChI is InChI=1S/C19H16O3/c1-12-3-6-14(7-4-12)18(20)11-16-10-15-9-13(2)5-8-17(15)19(21)22-16/h3-10H,11H2,1-2H3. The summed E-state index contributed by atoms with van der Waals surface area (Å²) >= 11 is 0. The second-order valence-electron chi connectivity index (χ2n) is 5.56. The van der Waals surface area contributed by atoms with Gasteiger partial charge in [-0.15, -0.1) is 0 Å². The van der Waals surface area contributed by atoms with E-state index < -0.39 is 5.63 Å². The minimum atomic E-state index is -0.399. The largest absolute Gasteiger partial charge is 0.427 e. The number of fused-ring (bicyclic) bond motifs is 1. The highest BCUT2D eigenvalue weighted by molar-refractivity contribution is 5.97. The fraction of sp³-hybridized carbons (Fsp3) is 0.158. The zero-order chi connectivity index (χ0) is 15.7. The molecule has 0 unspecified atom stereocenters. The second-order valence-corrected chi connectivity index (χ2v) is 5.56. The molecule has 3 nitrogen and oxygen atoms in total. The van der Waals surface area contributed by atoms with Gasteiger partial charge in [-0.3, -0.25) is 4.79 Å². The van der Waals surface area contributed by atoms with Crippen LogP contribution in [0.1, 0.15) is 27.2 Å². The highest BCUT2D eigenvalue weighted by atomic mass is 16.4. The fourth-order valence-electron chi connectivity index (χ4n) is 2.45. The lowest BCUT2D eigenvalue weighted by molar-refractivity contribution is 0.0986. The third-order valence-electron chi connectivity index (χ3n) is 3.68. The Labute approximate surface area is 128 Å². The number of aryl methyl sites for hydroxylation is 2. The van der Waals surface area contributed by atoms with Gasteiger partial charge in [-0.2, -0.15) is 0 Å². The fourth-order valence-corrected chi connectivity index (χ4v) is 2.45. The molecule has 0 radical (unpaired) electrons. The highest BCUT2D eigenvalue weighted by Crippen LogP contribution is 2.16. The van der Waals surface area contributed by atoms with Gasteiger partial charge in [-0.05, 0) is 31.4 Å². The van der Waals surface area contributed by atoms with Gasteiger partial charge in [-0.1, -0.05) is 47.5 Å². The number of hydrogen-bond acceptors (Lipinski definition) is 3. The quantitative estimate of drug-likeness (QED) is 0.689. The molecule has 0 amide bonds. The van der Waals surface area contributed by atoms with Crippen molar-refractivity contribution < 1.29 is 9.21 Å². The molecule has 3 aromatic rings. The zero-order valence-corrected chi connectivity index (χ0v) is 12.6. The van der Waals surface area contributed by atoms with E-state index >= 15 is 0 Å². The van der Waals surface area contributed by atoms with E-state index in [9.17, 15) is 9.59 Å². The first-order chi connectivity index (χ1) is 10.5. The number of carbonyl (C=O) groups excluding carboxylic acids is 1. The Bertz CT molecular complexity index is 902. The monoisotopic (exact) mass is 292 g/mol. The molecule has 22 heavy (non-hydrogen) atoms. The lowest BCUT2D eigenvalue weighted by atomic mass is 10.0. The molecule has 0 N–H and O–H groups in total. The summed E-state index contributed by atoms with van der Waals surface area (Å²) in [5.41, 5.74) is 2.39. The van der Waals surface area contributed by atoms with Crippen molar-refractivity contribution in [3.8, 4) is 0 Å². The SMILES string of the molecule is Cc1ccc(C(=O)Cc2cc3cc(C)ccc3c(=O)o2)cc1. The average Bonchev–Trinajstić information content (AvgIpc) is 2.47. The van der Waals surface area contributed by atoms with Crippen LogP contribution in [0.2, 0.25) is 0 Å². The van der Waals surface area contributed by atoms with Gasteiger partial charge in [0.05, 0.1) is 11.8 Å². The van der Waals surface area contributed by atoms with Gasteiger partial charge in [0.15, 0.2) is 5.78 Å². The molecule has 1 aromatic heterocycles. The Morgan fingerprint density at radius 1 is 0.955 bits per heavy atom. The number of Topliss-reactive ketones (excluding diaryl/α,β-unsaturated/α-hetero) is 1. The normalized spacial score (nSPS) is 10.8. The summed E-state index contributed by atoms with van der Waals surface area (Å²) in [6.07, 6.45) is 0.0855. The van der Waals surface area contributed by atoms with Crippen molar-refractivity contribution >= 4 is 16.6 Å². The van der Waals surface area contributed by atoms with Gasteiger partial charge in [0.1, 0.15) is 5.76 Å². The van der Waals surface area contributed by atoms with E-state index in [-0.39, 0.29) is 12.2 Å². The number of rotatable bonds is 3. The van der Waals surface area contributed by atoms with E-state index in [1.165, 1.54) is 0 Å². The first-order valence-electron chi connectivity index (χ1n) is 7.16. The molecule has 0 saturated heterocycles. The predicted octanol–water partition coefficient (Wildman–Crippen LogP) is 3.84. The average molecular weight is 292 g/mol. The number of benzene rings is 2. The van der Waals surface area contributed by atoms with Crippen LogP contribution in [0.3, 0.4) is 0 Å². The lowest BCUT2D eigenvalue weighted by Crippen LogP contribution is -2.08. The van der Waals surface area contributed by atoms with Crippen LogP contribution < -0.4 is 5.63 Å². The van der Waals surface area contributed by atoms with Crippen molar-refractivity contribution in [2.75, 3.05) is 0 Å². The molecule has 0 atom stereocenters. The minimum absolute atomic E-state index is 0.0600. The molecule has 3 heteroatoms. The number of ketones is 1. The molecule has 0 aliphatic heterocycles. The summed E-state index contributed by atoms with van der Waals surface area (Å²) in [6, 6.07) is 14.7. The van der Waals surface area contributed by atoms with Crippen molar-refractivity contribution in [3.05, 3.63) is 81.4 Å². The van der Waals surface area contributed by atoms with Gasteiger partial charge in [0.25, 0.3) is 0 Å². The first kappa shape index (κ1) is 14.3. The Morgan fingerprint density at radius 2 is 1.64 bits per heavy atom. The maximum absolute atomic E-state index is 12.3. The molecule has 0 saturated carbocycles. The summed E-state index contributed by atoms with van der Waals surface area (Å²) in [7, 11) is 0. The molecular formula is C19H16O3. The van der Waals surface area contributed by atoms with E-state index in [0.717, 1.165) is 16.5 Å². The van der Waals surface area contributed by atoms with Crippen LogP contribution in [0, 0.1) is 13.8 Å². The molecule has 0 spiro atoms. The van der Waals surface area contributed by atoms with Gasteiger partial charge in [0.2, 0.25) is 0 Å². The number of carbonyl (C=O) groups is 1. The van der Waals surface area contributed by atoms with Gasteiger partial charge in [-0.25, -0.2) is 4.79 Å². The summed E-state index contributed by atoms with van der Waals surface area (Å²) in [4.78, 5) is 24.3. The van der Waals surface area contributed by atoms with Crippen molar-refractivity contribution in [1.29, 1.82) is 0 Å². The maximum atomic E-state index is 12.3. The second kappa shape index (κ2) is 5.60. The van der Waals surface area contributed by atoms with Crippen LogP contribution in [-0.2, 0) is 6.42 Å². The van der Waals surface area contributed by atoms with E-state index in [0.29, 0.717) is 16.7 Å². The van der Waals surface area contributed by atoms with Gasteiger partial charge >= 0.3 is 5.63 Å². The Balaban J connectivity index is 1.95. The zero-order valence-electron chi connectivity index (χ0n) is 12.6. The predicted molar refractivity (Wildman–Crippen MR) is 86.4 cm³/mol. The summed E-state index contributed by atoms with van der Waals surface area (Å²) in [6.45, 7) is 3.93. The number of hydrogen-bond donors (Lipinski definition) is 0. The Hall–Kier alpha value is -2.68. The molecule has 0 fully saturated rings. The maximum Gasteiger partial charge on any atom is 0.343 e. The summed E-state index contributed by atoms with van der Waals surface area (Å²) in [5, 5.41) is 1.35. The first-order valence-corrected chi connectivity index (χ1v) is 7.16. The van der Waals surface area contributed by atoms with Crippen LogP contribution in [-0.4, -0.2) is 5.78 Å². The van der Waals surface area contributed by atoms with Crippen LogP contribution in [0.15, 0.2) is 57.7 Å². The van der Waals surface area contributed by atoms with Crippen molar-refractivity contribution in [3.63, 3.8) is 0 Å². The van der Waals surface area contributed by atoms with E-state index in [4.69, 9.17) is 4.42 Å². The van der Waals surface area contributed by atoms with Crippen LogP contribution >= 0.6 is 0 Å². The van der Waals surface area contributed by atoms with E-state index in [1.54, 1.807) is 24.3 Å². The summed E-state index contributed by atoms with van der Waals surface area (Å²) < 4.78 is 5.27. The minimum Gasteiger partial charge on any atom is -0.427 e. The van der Waals surface area contributed by atoms with Gasteiger partial charge in [0, 0.05) is 5.56 Å². The molecule has 3 rings (SSSR count). The summed E-state index contributed by atoms with van der Waals surface area (Å²) in [5.74, 6) is 0.337. The third-order valence-corrected chi connectivity index (χ3v) is 3.68. The molecular weight excluding hydrogens is 276 g/mol. The molecule has 1 heterocycles. The van der Waals surface area contributed by atoms with E-state index in [1.807, 2.05) is 38.1 Å². The Kier molecular flexibility index (Phi) is 3.63. The van der Waals surface area contributed by atoms with Crippen molar-refractivity contribution in [1.82, 2.24) is 0 Å². The van der Waals surface area contributed by atoms with Crippen LogP contribution in [0.5, 0.6) is 0 Å². The van der Waals surface area contributed by atoms with Gasteiger partial charge < -0.3 is 4.42 Å². The van der Waals surface area contributed by atoms with Crippen molar-refractivity contribution in [2.24, 2.45) is 0 Å². The third kappa shape index (κ3) is 2.84.